The number of nitro benzene ring substituents is 1. The summed E-state index contributed by atoms with van der Waals surface area (Å²) in [5, 5.41) is 14.0. The van der Waals surface area contributed by atoms with Crippen LogP contribution in [0.15, 0.2) is 18.2 Å². The Morgan fingerprint density at radius 3 is 2.71 bits per heavy atom. The largest absolute Gasteiger partial charge is 0.379 e. The van der Waals surface area contributed by atoms with Gasteiger partial charge in [0.25, 0.3) is 11.6 Å². The van der Waals surface area contributed by atoms with Gasteiger partial charge in [-0.2, -0.15) is 0 Å². The van der Waals surface area contributed by atoms with Crippen molar-refractivity contribution in [3.63, 3.8) is 0 Å². The van der Waals surface area contributed by atoms with Crippen LogP contribution in [0.3, 0.4) is 0 Å². The molecule has 0 spiro atoms. The topological polar surface area (TPSA) is 75.5 Å². The average Bonchev–Trinajstić information content (AvgIpc) is 2.45. The Bertz CT molecular complexity index is 562. The van der Waals surface area contributed by atoms with Crippen molar-refractivity contribution in [3.05, 3.63) is 33.9 Å². The molecule has 1 aromatic rings. The molecule has 0 unspecified atom stereocenters. The lowest BCUT2D eigenvalue weighted by Gasteiger charge is -2.12. The van der Waals surface area contributed by atoms with E-state index in [9.17, 15) is 14.9 Å². The summed E-state index contributed by atoms with van der Waals surface area (Å²) in [4.78, 5) is 23.9. The molecule has 0 aromatic heterocycles. The number of terminal acetylenes is 1. The molecule has 0 bridgehead atoms. The zero-order valence-electron chi connectivity index (χ0n) is 12.3. The van der Waals surface area contributed by atoms with Crippen molar-refractivity contribution < 1.29 is 9.72 Å². The fraction of sp³-hybridized carbons (Fsp3) is 0.400. The van der Waals surface area contributed by atoms with Gasteiger partial charge in [-0.3, -0.25) is 14.9 Å². The number of benzene rings is 1. The van der Waals surface area contributed by atoms with Crippen molar-refractivity contribution in [2.75, 3.05) is 26.0 Å². The van der Waals surface area contributed by atoms with E-state index in [0.29, 0.717) is 24.2 Å². The second-order valence-electron chi connectivity index (χ2n) is 4.78. The lowest BCUT2D eigenvalue weighted by molar-refractivity contribution is -0.384. The number of anilines is 1. The maximum atomic E-state index is 11.9. The van der Waals surface area contributed by atoms with Crippen LogP contribution >= 0.6 is 0 Å². The van der Waals surface area contributed by atoms with Gasteiger partial charge in [0.05, 0.1) is 4.92 Å². The molecule has 1 rings (SSSR count). The fourth-order valence-corrected chi connectivity index (χ4v) is 1.80. The van der Waals surface area contributed by atoms with Gasteiger partial charge in [-0.25, -0.2) is 0 Å². The van der Waals surface area contributed by atoms with E-state index in [0.717, 1.165) is 12.8 Å². The molecule has 6 heteroatoms. The van der Waals surface area contributed by atoms with Gasteiger partial charge >= 0.3 is 0 Å². The highest BCUT2D eigenvalue weighted by atomic mass is 16.6. The van der Waals surface area contributed by atoms with Gasteiger partial charge in [0.15, 0.2) is 0 Å². The Morgan fingerprint density at radius 1 is 1.43 bits per heavy atom. The summed E-state index contributed by atoms with van der Waals surface area (Å²) in [5.74, 6) is 2.35. The van der Waals surface area contributed by atoms with Crippen LogP contribution in [0.2, 0.25) is 0 Å². The first-order valence-electron chi connectivity index (χ1n) is 6.64. The molecule has 0 saturated carbocycles. The van der Waals surface area contributed by atoms with Crippen molar-refractivity contribution in [2.24, 2.45) is 0 Å². The van der Waals surface area contributed by atoms with Gasteiger partial charge in [0.1, 0.15) is 5.69 Å². The minimum atomic E-state index is -0.465. The van der Waals surface area contributed by atoms with Crippen LogP contribution in [-0.2, 0) is 0 Å². The van der Waals surface area contributed by atoms with E-state index in [1.165, 1.54) is 23.1 Å². The maximum absolute atomic E-state index is 11.9. The van der Waals surface area contributed by atoms with Crippen molar-refractivity contribution in [1.82, 2.24) is 4.90 Å². The highest BCUT2D eigenvalue weighted by molar-refractivity contribution is 5.95. The van der Waals surface area contributed by atoms with Crippen molar-refractivity contribution in [1.29, 1.82) is 0 Å². The molecule has 0 aliphatic rings. The van der Waals surface area contributed by atoms with Gasteiger partial charge in [0.2, 0.25) is 0 Å². The molecule has 1 aromatic carbocycles. The van der Waals surface area contributed by atoms with Gasteiger partial charge in [0, 0.05) is 38.7 Å². The van der Waals surface area contributed by atoms with E-state index >= 15 is 0 Å². The minimum Gasteiger partial charge on any atom is -0.379 e. The van der Waals surface area contributed by atoms with E-state index < -0.39 is 4.92 Å². The number of hydrogen-bond acceptors (Lipinski definition) is 4. The SMILES string of the molecule is C#CCCCCNc1cc(C(=O)N(C)C)ccc1[N+](=O)[O-]. The minimum absolute atomic E-state index is 0.0396. The van der Waals surface area contributed by atoms with Crippen LogP contribution in [-0.4, -0.2) is 36.4 Å². The van der Waals surface area contributed by atoms with Crippen molar-refractivity contribution in [3.8, 4) is 12.3 Å². The fourth-order valence-electron chi connectivity index (χ4n) is 1.80. The molecule has 0 saturated heterocycles. The van der Waals surface area contributed by atoms with Crippen LogP contribution < -0.4 is 5.32 Å². The molecule has 112 valence electrons. The quantitative estimate of drug-likeness (QED) is 0.362. The Morgan fingerprint density at radius 2 is 2.14 bits per heavy atom. The molecule has 0 aliphatic heterocycles. The predicted octanol–water partition coefficient (Wildman–Crippen LogP) is 2.51. The molecule has 1 N–H and O–H groups in total. The lowest BCUT2D eigenvalue weighted by atomic mass is 10.1. The molecule has 0 atom stereocenters. The summed E-state index contributed by atoms with van der Waals surface area (Å²) in [7, 11) is 3.27. The van der Waals surface area contributed by atoms with E-state index in [1.807, 2.05) is 0 Å². The summed E-state index contributed by atoms with van der Waals surface area (Å²) >= 11 is 0. The third-order valence-corrected chi connectivity index (χ3v) is 2.91. The number of hydrogen-bond donors (Lipinski definition) is 1. The normalized spacial score (nSPS) is 9.76. The zero-order chi connectivity index (χ0) is 15.8. The summed E-state index contributed by atoms with van der Waals surface area (Å²) in [6.45, 7) is 0.572. The molecule has 0 fully saturated rings. The molecular weight excluding hydrogens is 270 g/mol. The second kappa shape index (κ2) is 7.90. The Labute approximate surface area is 124 Å². The van der Waals surface area contributed by atoms with Gasteiger partial charge < -0.3 is 10.2 Å². The van der Waals surface area contributed by atoms with Crippen LogP contribution in [0.1, 0.15) is 29.6 Å². The summed E-state index contributed by atoms with van der Waals surface area (Å²) < 4.78 is 0. The number of nitrogens with one attached hydrogen (secondary N) is 1. The third-order valence-electron chi connectivity index (χ3n) is 2.91. The monoisotopic (exact) mass is 289 g/mol. The Balaban J connectivity index is 2.87. The highest BCUT2D eigenvalue weighted by Crippen LogP contribution is 2.26. The molecule has 0 heterocycles. The second-order valence-corrected chi connectivity index (χ2v) is 4.78. The van der Waals surface area contributed by atoms with Crippen molar-refractivity contribution in [2.45, 2.75) is 19.3 Å². The first-order chi connectivity index (χ1) is 9.97. The van der Waals surface area contributed by atoms with Crippen LogP contribution in [0, 0.1) is 22.5 Å². The number of nitro groups is 1. The van der Waals surface area contributed by atoms with E-state index in [1.54, 1.807) is 14.1 Å². The first kappa shape index (κ1) is 16.5. The predicted molar refractivity (Wildman–Crippen MR) is 82.3 cm³/mol. The molecule has 0 aliphatic carbocycles. The smallest absolute Gasteiger partial charge is 0.292 e. The molecular formula is C15H19N3O3. The number of carbonyl (C=O) groups is 1. The molecule has 0 radical (unpaired) electrons. The Kier molecular flexibility index (Phi) is 6.21. The summed E-state index contributed by atoms with van der Waals surface area (Å²) in [6.07, 6.45) is 7.52. The van der Waals surface area contributed by atoms with E-state index in [-0.39, 0.29) is 11.6 Å². The van der Waals surface area contributed by atoms with E-state index in [4.69, 9.17) is 6.42 Å². The van der Waals surface area contributed by atoms with Crippen LogP contribution in [0.25, 0.3) is 0 Å². The lowest BCUT2D eigenvalue weighted by Crippen LogP contribution is -2.21. The average molecular weight is 289 g/mol. The summed E-state index contributed by atoms with van der Waals surface area (Å²) in [5.41, 5.74) is 0.729. The third kappa shape index (κ3) is 4.80. The first-order valence-corrected chi connectivity index (χ1v) is 6.64. The van der Waals surface area contributed by atoms with Gasteiger partial charge in [-0.1, -0.05) is 0 Å². The zero-order valence-corrected chi connectivity index (χ0v) is 12.3. The van der Waals surface area contributed by atoms with Crippen LogP contribution in [0.5, 0.6) is 0 Å². The maximum Gasteiger partial charge on any atom is 0.292 e. The number of amides is 1. The molecule has 21 heavy (non-hydrogen) atoms. The van der Waals surface area contributed by atoms with Gasteiger partial charge in [-0.05, 0) is 25.0 Å². The number of rotatable bonds is 7. The molecule has 1 amide bonds. The Hall–Kier alpha value is -2.55. The number of carbonyl (C=O) groups excluding carboxylic acids is 1. The highest BCUT2D eigenvalue weighted by Gasteiger charge is 2.17. The van der Waals surface area contributed by atoms with Crippen LogP contribution in [0.4, 0.5) is 11.4 Å². The molecule has 6 nitrogen and oxygen atoms in total. The van der Waals surface area contributed by atoms with Crippen molar-refractivity contribution >= 4 is 17.3 Å². The standard InChI is InChI=1S/C15H19N3O3/c1-4-5-6-7-10-16-13-11-12(15(19)17(2)3)8-9-14(13)18(20)21/h1,8-9,11,16H,5-7,10H2,2-3H3. The van der Waals surface area contributed by atoms with Gasteiger partial charge in [-0.15, -0.1) is 12.3 Å². The number of nitrogens with zero attached hydrogens (tertiary/aromatic N) is 2. The number of unbranched alkanes of at least 4 members (excludes halogenated alkanes) is 2. The van der Waals surface area contributed by atoms with E-state index in [2.05, 4.69) is 11.2 Å². The summed E-state index contributed by atoms with van der Waals surface area (Å²) in [6, 6.07) is 4.33.